The van der Waals surface area contributed by atoms with E-state index in [0.29, 0.717) is 12.2 Å². The summed E-state index contributed by atoms with van der Waals surface area (Å²) in [5.41, 5.74) is 0. The standard InChI is InChI=1S/C13H13NO4/c15-12(16)9-6-7-10(8-9)14-13(17)18-11-4-2-1-3-5-11/h1-7,9-10H,8H2,(H,14,17)(H,15,16). The zero-order valence-corrected chi connectivity index (χ0v) is 9.58. The van der Waals surface area contributed by atoms with Gasteiger partial charge in [0.05, 0.1) is 12.0 Å². The van der Waals surface area contributed by atoms with Crippen molar-refractivity contribution in [3.05, 3.63) is 42.5 Å². The van der Waals surface area contributed by atoms with E-state index in [1.165, 1.54) is 0 Å². The highest BCUT2D eigenvalue weighted by Gasteiger charge is 2.25. The minimum Gasteiger partial charge on any atom is -0.481 e. The molecule has 0 heterocycles. The first kappa shape index (κ1) is 12.2. The van der Waals surface area contributed by atoms with Crippen molar-refractivity contribution in [2.24, 2.45) is 5.92 Å². The van der Waals surface area contributed by atoms with Crippen LogP contribution in [0, 0.1) is 5.92 Å². The molecule has 1 aliphatic carbocycles. The fourth-order valence-electron chi connectivity index (χ4n) is 1.77. The van der Waals surface area contributed by atoms with Gasteiger partial charge in [-0.15, -0.1) is 0 Å². The first-order valence-corrected chi connectivity index (χ1v) is 5.59. The number of para-hydroxylation sites is 1. The predicted molar refractivity (Wildman–Crippen MR) is 64.3 cm³/mol. The average molecular weight is 247 g/mol. The lowest BCUT2D eigenvalue weighted by molar-refractivity contribution is -0.140. The average Bonchev–Trinajstić information content (AvgIpc) is 2.78. The van der Waals surface area contributed by atoms with Crippen LogP contribution in [0.1, 0.15) is 6.42 Å². The molecule has 0 saturated heterocycles. The molecule has 5 heteroatoms. The van der Waals surface area contributed by atoms with Crippen molar-refractivity contribution >= 4 is 12.1 Å². The molecule has 18 heavy (non-hydrogen) atoms. The summed E-state index contributed by atoms with van der Waals surface area (Å²) < 4.78 is 5.04. The van der Waals surface area contributed by atoms with Gasteiger partial charge in [0, 0.05) is 0 Å². The van der Waals surface area contributed by atoms with Gasteiger partial charge in [0.2, 0.25) is 0 Å². The normalized spacial score (nSPS) is 21.6. The second-order valence-corrected chi connectivity index (χ2v) is 4.02. The monoisotopic (exact) mass is 247 g/mol. The zero-order chi connectivity index (χ0) is 13.0. The van der Waals surface area contributed by atoms with Gasteiger partial charge < -0.3 is 15.2 Å². The van der Waals surface area contributed by atoms with Crippen molar-refractivity contribution in [3.8, 4) is 5.75 Å². The van der Waals surface area contributed by atoms with Crippen LogP contribution in [0.15, 0.2) is 42.5 Å². The lowest BCUT2D eigenvalue weighted by atomic mass is 10.1. The van der Waals surface area contributed by atoms with Crippen molar-refractivity contribution in [3.63, 3.8) is 0 Å². The SMILES string of the molecule is O=C(NC1C=CC(C(=O)O)C1)Oc1ccccc1. The first-order valence-electron chi connectivity index (χ1n) is 5.59. The Morgan fingerprint density at radius 3 is 2.56 bits per heavy atom. The van der Waals surface area contributed by atoms with Crippen LogP contribution in [0.2, 0.25) is 0 Å². The summed E-state index contributed by atoms with van der Waals surface area (Å²) in [4.78, 5) is 22.3. The van der Waals surface area contributed by atoms with Crippen LogP contribution < -0.4 is 10.1 Å². The molecule has 0 bridgehead atoms. The first-order chi connectivity index (χ1) is 8.65. The van der Waals surface area contributed by atoms with E-state index in [1.54, 1.807) is 36.4 Å². The van der Waals surface area contributed by atoms with E-state index in [-0.39, 0.29) is 6.04 Å². The molecule has 2 unspecified atom stereocenters. The largest absolute Gasteiger partial charge is 0.481 e. The smallest absolute Gasteiger partial charge is 0.413 e. The highest BCUT2D eigenvalue weighted by molar-refractivity contribution is 5.74. The summed E-state index contributed by atoms with van der Waals surface area (Å²) in [5.74, 6) is -0.967. The third-order valence-electron chi connectivity index (χ3n) is 2.66. The van der Waals surface area contributed by atoms with Gasteiger partial charge in [-0.3, -0.25) is 4.79 Å². The predicted octanol–water partition coefficient (Wildman–Crippen LogP) is 1.80. The third kappa shape index (κ3) is 3.10. The number of carbonyl (C=O) groups is 2. The van der Waals surface area contributed by atoms with Crippen LogP contribution in [0.25, 0.3) is 0 Å². The molecule has 1 aromatic rings. The maximum atomic E-state index is 11.5. The molecule has 2 atom stereocenters. The van der Waals surface area contributed by atoms with Gasteiger partial charge in [0.25, 0.3) is 0 Å². The fourth-order valence-corrected chi connectivity index (χ4v) is 1.77. The molecule has 0 fully saturated rings. The number of hydrogen-bond acceptors (Lipinski definition) is 3. The van der Waals surface area contributed by atoms with E-state index in [4.69, 9.17) is 9.84 Å². The minimum atomic E-state index is -0.882. The number of carbonyl (C=O) groups excluding carboxylic acids is 1. The number of amides is 1. The van der Waals surface area contributed by atoms with Crippen molar-refractivity contribution in [2.75, 3.05) is 0 Å². The van der Waals surface area contributed by atoms with Gasteiger partial charge in [0.1, 0.15) is 5.75 Å². The molecule has 0 saturated carbocycles. The van der Waals surface area contributed by atoms with Crippen molar-refractivity contribution in [2.45, 2.75) is 12.5 Å². The van der Waals surface area contributed by atoms with Gasteiger partial charge in [-0.25, -0.2) is 4.79 Å². The number of aliphatic carboxylic acids is 1. The Labute approximate surface area is 104 Å². The van der Waals surface area contributed by atoms with Crippen LogP contribution in [0.5, 0.6) is 5.75 Å². The molecule has 2 N–H and O–H groups in total. The van der Waals surface area contributed by atoms with Crippen LogP contribution in [-0.4, -0.2) is 23.2 Å². The van der Waals surface area contributed by atoms with Gasteiger partial charge in [-0.05, 0) is 18.6 Å². The Hall–Kier alpha value is -2.30. The van der Waals surface area contributed by atoms with Gasteiger partial charge in [-0.1, -0.05) is 30.4 Å². The van der Waals surface area contributed by atoms with Gasteiger partial charge >= 0.3 is 12.1 Å². The molecule has 1 amide bonds. The molecule has 0 radical (unpaired) electrons. The number of carboxylic acids is 1. The second kappa shape index (κ2) is 5.35. The van der Waals surface area contributed by atoms with Crippen LogP contribution in [-0.2, 0) is 4.79 Å². The van der Waals surface area contributed by atoms with E-state index < -0.39 is 18.0 Å². The summed E-state index contributed by atoms with van der Waals surface area (Å²) >= 11 is 0. The van der Waals surface area contributed by atoms with Crippen LogP contribution >= 0.6 is 0 Å². The lowest BCUT2D eigenvalue weighted by Crippen LogP contribution is -2.35. The Bertz CT molecular complexity index is 469. The zero-order valence-electron chi connectivity index (χ0n) is 9.58. The summed E-state index contributed by atoms with van der Waals surface area (Å²) in [5, 5.41) is 11.4. The van der Waals surface area contributed by atoms with Crippen LogP contribution in [0.3, 0.4) is 0 Å². The Kier molecular flexibility index (Phi) is 3.62. The quantitative estimate of drug-likeness (QED) is 0.798. The number of carboxylic acid groups (broad SMARTS) is 1. The minimum absolute atomic E-state index is 0.290. The number of hydrogen-bond donors (Lipinski definition) is 2. The van der Waals surface area contributed by atoms with E-state index >= 15 is 0 Å². The number of nitrogens with one attached hydrogen (secondary N) is 1. The highest BCUT2D eigenvalue weighted by atomic mass is 16.6. The number of ether oxygens (including phenoxy) is 1. The molecule has 1 aromatic carbocycles. The van der Waals surface area contributed by atoms with Crippen LogP contribution in [0.4, 0.5) is 4.79 Å². The molecular weight excluding hydrogens is 234 g/mol. The Balaban J connectivity index is 1.83. The Morgan fingerprint density at radius 2 is 1.94 bits per heavy atom. The molecule has 1 aliphatic rings. The maximum Gasteiger partial charge on any atom is 0.413 e. The van der Waals surface area contributed by atoms with E-state index in [2.05, 4.69) is 5.32 Å². The molecular formula is C13H13NO4. The topological polar surface area (TPSA) is 75.6 Å². The molecule has 94 valence electrons. The van der Waals surface area contributed by atoms with Gasteiger partial charge in [0.15, 0.2) is 0 Å². The van der Waals surface area contributed by atoms with Crippen molar-refractivity contribution in [1.82, 2.24) is 5.32 Å². The Morgan fingerprint density at radius 1 is 1.22 bits per heavy atom. The molecule has 0 aliphatic heterocycles. The number of benzene rings is 1. The summed E-state index contributed by atoms with van der Waals surface area (Å²) in [6, 6.07) is 8.40. The lowest BCUT2D eigenvalue weighted by Gasteiger charge is -2.12. The second-order valence-electron chi connectivity index (χ2n) is 4.02. The highest BCUT2D eigenvalue weighted by Crippen LogP contribution is 2.18. The fraction of sp³-hybridized carbons (Fsp3) is 0.231. The van der Waals surface area contributed by atoms with Crippen molar-refractivity contribution < 1.29 is 19.4 Å². The van der Waals surface area contributed by atoms with E-state index in [9.17, 15) is 9.59 Å². The number of rotatable bonds is 3. The summed E-state index contributed by atoms with van der Waals surface area (Å²) in [6.45, 7) is 0. The van der Waals surface area contributed by atoms with Crippen molar-refractivity contribution in [1.29, 1.82) is 0 Å². The molecule has 5 nitrogen and oxygen atoms in total. The summed E-state index contributed by atoms with van der Waals surface area (Å²) in [7, 11) is 0. The van der Waals surface area contributed by atoms with Gasteiger partial charge in [-0.2, -0.15) is 0 Å². The molecule has 0 aromatic heterocycles. The third-order valence-corrected chi connectivity index (χ3v) is 2.66. The maximum absolute atomic E-state index is 11.5. The van der Waals surface area contributed by atoms with E-state index in [0.717, 1.165) is 0 Å². The summed E-state index contributed by atoms with van der Waals surface area (Å²) in [6.07, 6.45) is 3.03. The van der Waals surface area contributed by atoms with E-state index in [1.807, 2.05) is 6.07 Å². The molecule has 2 rings (SSSR count). The molecule has 0 spiro atoms.